The minimum absolute atomic E-state index is 0.0174. The van der Waals surface area contributed by atoms with Gasteiger partial charge in [0, 0.05) is 31.9 Å². The molecule has 1 aliphatic heterocycles. The molecule has 1 aliphatic rings. The summed E-state index contributed by atoms with van der Waals surface area (Å²) in [7, 11) is 0. The number of alkyl halides is 1. The number of amides is 1. The fourth-order valence-electron chi connectivity index (χ4n) is 2.66. The number of aliphatic hydroxyl groups excluding tert-OH is 1. The highest BCUT2D eigenvalue weighted by molar-refractivity contribution is 6.17. The zero-order valence-corrected chi connectivity index (χ0v) is 12.9. The summed E-state index contributed by atoms with van der Waals surface area (Å²) in [5.41, 5.74) is 1.24. The zero-order valence-electron chi connectivity index (χ0n) is 12.2. The van der Waals surface area contributed by atoms with Gasteiger partial charge in [0.2, 0.25) is 5.91 Å². The molecule has 1 aromatic rings. The van der Waals surface area contributed by atoms with Crippen LogP contribution in [0.15, 0.2) is 30.3 Å². The summed E-state index contributed by atoms with van der Waals surface area (Å²) in [6.45, 7) is 2.31. The SMILES string of the molecule is O=C(CCCCl)N[C@@H]1CCN(Cc2ccccc2)C[C@@H]1O. The topological polar surface area (TPSA) is 52.6 Å². The zero-order chi connectivity index (χ0) is 15.1. The largest absolute Gasteiger partial charge is 0.390 e. The summed E-state index contributed by atoms with van der Waals surface area (Å²) in [5.74, 6) is 0.474. The second kappa shape index (κ2) is 8.37. The number of nitrogens with one attached hydrogen (secondary N) is 1. The molecule has 1 aromatic carbocycles. The van der Waals surface area contributed by atoms with E-state index in [1.165, 1.54) is 5.56 Å². The number of hydrogen-bond donors (Lipinski definition) is 2. The summed E-state index contributed by atoms with van der Waals surface area (Å²) in [6.07, 6.45) is 1.37. The Morgan fingerprint density at radius 3 is 2.81 bits per heavy atom. The first kappa shape index (κ1) is 16.3. The van der Waals surface area contributed by atoms with E-state index in [4.69, 9.17) is 11.6 Å². The smallest absolute Gasteiger partial charge is 0.220 e. The lowest BCUT2D eigenvalue weighted by molar-refractivity contribution is -0.123. The van der Waals surface area contributed by atoms with E-state index in [-0.39, 0.29) is 11.9 Å². The minimum atomic E-state index is -0.512. The third kappa shape index (κ3) is 5.30. The maximum absolute atomic E-state index is 11.7. The van der Waals surface area contributed by atoms with E-state index in [0.29, 0.717) is 25.3 Å². The predicted octanol–water partition coefficient (Wildman–Crippen LogP) is 1.76. The van der Waals surface area contributed by atoms with E-state index in [0.717, 1.165) is 19.5 Å². The molecule has 0 bridgehead atoms. The van der Waals surface area contributed by atoms with Crippen LogP contribution < -0.4 is 5.32 Å². The van der Waals surface area contributed by atoms with Gasteiger partial charge in [0.15, 0.2) is 0 Å². The lowest BCUT2D eigenvalue weighted by atomic mass is 10.0. The molecule has 116 valence electrons. The molecule has 1 saturated heterocycles. The number of benzene rings is 1. The van der Waals surface area contributed by atoms with Crippen molar-refractivity contribution in [1.29, 1.82) is 0 Å². The molecule has 5 heteroatoms. The summed E-state index contributed by atoms with van der Waals surface area (Å²) < 4.78 is 0. The van der Waals surface area contributed by atoms with Gasteiger partial charge in [-0.1, -0.05) is 30.3 Å². The Morgan fingerprint density at radius 1 is 1.38 bits per heavy atom. The van der Waals surface area contributed by atoms with Gasteiger partial charge in [-0.3, -0.25) is 9.69 Å². The highest BCUT2D eigenvalue weighted by atomic mass is 35.5. The Labute approximate surface area is 131 Å². The van der Waals surface area contributed by atoms with Crippen LogP contribution in [0.3, 0.4) is 0 Å². The molecule has 2 atom stereocenters. The molecule has 0 unspecified atom stereocenters. The number of β-amino-alcohol motifs (C(OH)–C–C–N with tert-alkyl or cyclic N) is 1. The lowest BCUT2D eigenvalue weighted by Gasteiger charge is -2.36. The van der Waals surface area contributed by atoms with E-state index in [9.17, 15) is 9.90 Å². The van der Waals surface area contributed by atoms with E-state index in [2.05, 4.69) is 22.3 Å². The van der Waals surface area contributed by atoms with E-state index >= 15 is 0 Å². The number of hydrogen-bond acceptors (Lipinski definition) is 3. The van der Waals surface area contributed by atoms with Crippen LogP contribution in [-0.2, 0) is 11.3 Å². The average molecular weight is 311 g/mol. The average Bonchev–Trinajstić information content (AvgIpc) is 2.49. The van der Waals surface area contributed by atoms with Gasteiger partial charge in [-0.2, -0.15) is 0 Å². The quantitative estimate of drug-likeness (QED) is 0.787. The van der Waals surface area contributed by atoms with Crippen LogP contribution in [0.1, 0.15) is 24.8 Å². The lowest BCUT2D eigenvalue weighted by Crippen LogP contribution is -2.53. The maximum atomic E-state index is 11.7. The predicted molar refractivity (Wildman–Crippen MR) is 84.2 cm³/mol. The molecule has 2 rings (SSSR count). The molecule has 1 amide bonds. The second-order valence-corrected chi connectivity index (χ2v) is 5.92. The molecular formula is C16H23ClN2O2. The van der Waals surface area contributed by atoms with E-state index < -0.39 is 6.10 Å². The second-order valence-electron chi connectivity index (χ2n) is 5.54. The highest BCUT2D eigenvalue weighted by Gasteiger charge is 2.28. The first-order valence-corrected chi connectivity index (χ1v) is 8.02. The van der Waals surface area contributed by atoms with Gasteiger partial charge in [0.25, 0.3) is 0 Å². The number of carbonyl (C=O) groups is 1. The van der Waals surface area contributed by atoms with Crippen molar-refractivity contribution in [2.24, 2.45) is 0 Å². The van der Waals surface area contributed by atoms with Crippen LogP contribution in [0.25, 0.3) is 0 Å². The Bertz CT molecular complexity index is 441. The third-order valence-corrected chi connectivity index (χ3v) is 4.07. The molecule has 2 N–H and O–H groups in total. The van der Waals surface area contributed by atoms with Crippen LogP contribution in [0.4, 0.5) is 0 Å². The van der Waals surface area contributed by atoms with E-state index in [1.54, 1.807) is 0 Å². The minimum Gasteiger partial charge on any atom is -0.390 e. The Balaban J connectivity index is 1.78. The van der Waals surface area contributed by atoms with Crippen molar-refractivity contribution in [1.82, 2.24) is 10.2 Å². The summed E-state index contributed by atoms with van der Waals surface area (Å²) >= 11 is 5.58. The standard InChI is InChI=1S/C16H23ClN2O2/c17-9-4-7-16(21)18-14-8-10-19(12-15(14)20)11-13-5-2-1-3-6-13/h1-3,5-6,14-15,20H,4,7-12H2,(H,18,21)/t14-,15+/m1/s1. The van der Waals surface area contributed by atoms with Gasteiger partial charge in [-0.05, 0) is 18.4 Å². The van der Waals surface area contributed by atoms with Crippen molar-refractivity contribution in [3.63, 3.8) is 0 Å². The Kier molecular flexibility index (Phi) is 6.49. The van der Waals surface area contributed by atoms with Crippen LogP contribution in [-0.4, -0.2) is 47.0 Å². The van der Waals surface area contributed by atoms with Gasteiger partial charge in [0.1, 0.15) is 0 Å². The Hall–Kier alpha value is -1.10. The summed E-state index contributed by atoms with van der Waals surface area (Å²) in [4.78, 5) is 13.9. The number of nitrogens with zero attached hydrogens (tertiary/aromatic N) is 1. The van der Waals surface area contributed by atoms with Crippen LogP contribution in [0, 0.1) is 0 Å². The normalized spacial score (nSPS) is 23.0. The number of piperidine rings is 1. The highest BCUT2D eigenvalue weighted by Crippen LogP contribution is 2.14. The van der Waals surface area contributed by atoms with Crippen LogP contribution in [0.2, 0.25) is 0 Å². The van der Waals surface area contributed by atoms with Gasteiger partial charge < -0.3 is 10.4 Å². The third-order valence-electron chi connectivity index (χ3n) is 3.80. The molecule has 0 spiro atoms. The van der Waals surface area contributed by atoms with Crippen molar-refractivity contribution in [3.05, 3.63) is 35.9 Å². The molecule has 1 heterocycles. The van der Waals surface area contributed by atoms with Crippen molar-refractivity contribution in [2.45, 2.75) is 38.0 Å². The van der Waals surface area contributed by atoms with Gasteiger partial charge in [-0.15, -0.1) is 11.6 Å². The molecule has 1 fully saturated rings. The van der Waals surface area contributed by atoms with E-state index in [1.807, 2.05) is 18.2 Å². The molecule has 0 aromatic heterocycles. The number of halogens is 1. The Morgan fingerprint density at radius 2 is 2.14 bits per heavy atom. The number of likely N-dealkylation sites (tertiary alicyclic amines) is 1. The molecule has 0 saturated carbocycles. The number of rotatable bonds is 6. The fourth-order valence-corrected chi connectivity index (χ4v) is 2.79. The molecule has 0 radical (unpaired) electrons. The summed E-state index contributed by atoms with van der Waals surface area (Å²) in [5, 5.41) is 13.1. The molecular weight excluding hydrogens is 288 g/mol. The van der Waals surface area contributed by atoms with Crippen molar-refractivity contribution in [2.75, 3.05) is 19.0 Å². The van der Waals surface area contributed by atoms with Crippen molar-refractivity contribution >= 4 is 17.5 Å². The van der Waals surface area contributed by atoms with Crippen molar-refractivity contribution in [3.8, 4) is 0 Å². The molecule has 21 heavy (non-hydrogen) atoms. The number of carbonyl (C=O) groups excluding carboxylic acids is 1. The van der Waals surface area contributed by atoms with Crippen LogP contribution in [0.5, 0.6) is 0 Å². The first-order chi connectivity index (χ1) is 10.2. The van der Waals surface area contributed by atoms with Gasteiger partial charge in [0.05, 0.1) is 12.1 Å². The van der Waals surface area contributed by atoms with Crippen molar-refractivity contribution < 1.29 is 9.90 Å². The van der Waals surface area contributed by atoms with Crippen LogP contribution >= 0.6 is 11.6 Å². The molecule has 4 nitrogen and oxygen atoms in total. The first-order valence-electron chi connectivity index (χ1n) is 7.48. The van der Waals surface area contributed by atoms with Gasteiger partial charge in [-0.25, -0.2) is 0 Å². The number of aliphatic hydroxyl groups is 1. The monoisotopic (exact) mass is 310 g/mol. The molecule has 0 aliphatic carbocycles. The summed E-state index contributed by atoms with van der Waals surface area (Å²) in [6, 6.07) is 10.1. The van der Waals surface area contributed by atoms with Gasteiger partial charge >= 0.3 is 0 Å². The maximum Gasteiger partial charge on any atom is 0.220 e. The fraction of sp³-hybridized carbons (Fsp3) is 0.562.